The Balaban J connectivity index is 1.36. The molecule has 4 nitrogen and oxygen atoms in total. The molecule has 2 saturated carbocycles. The van der Waals surface area contributed by atoms with Crippen molar-refractivity contribution in [2.75, 3.05) is 0 Å². The van der Waals surface area contributed by atoms with E-state index in [1.54, 1.807) is 0 Å². The highest BCUT2D eigenvalue weighted by atomic mass is 16.5. The van der Waals surface area contributed by atoms with Crippen LogP contribution in [0.4, 0.5) is 0 Å². The van der Waals surface area contributed by atoms with Gasteiger partial charge in [-0.3, -0.25) is 9.59 Å². The second kappa shape index (κ2) is 7.26. The molecule has 3 aliphatic rings. The summed E-state index contributed by atoms with van der Waals surface area (Å²) in [5.74, 6) is 0.132. The van der Waals surface area contributed by atoms with Crippen LogP contribution in [-0.2, 0) is 22.6 Å². The van der Waals surface area contributed by atoms with Gasteiger partial charge in [-0.15, -0.1) is 0 Å². The number of Topliss-reactive ketones (excluding diaryl/α,β-unsaturated/α-hetero) is 1. The smallest absolute Gasteiger partial charge is 0.314 e. The minimum Gasteiger partial charge on any atom is -0.489 e. The lowest BCUT2D eigenvalue weighted by Gasteiger charge is -2.48. The van der Waals surface area contributed by atoms with Gasteiger partial charge in [0.2, 0.25) is 0 Å². The zero-order valence-corrected chi connectivity index (χ0v) is 17.3. The number of carbonyl (C=O) groups excluding carboxylic acids is 1. The number of fused-ring (bicyclic) bond motifs is 5. The normalized spacial score (nSPS) is 32.1. The van der Waals surface area contributed by atoms with Crippen LogP contribution in [0.1, 0.15) is 55.2 Å². The molecule has 0 aromatic heterocycles. The van der Waals surface area contributed by atoms with E-state index >= 15 is 0 Å². The maximum atomic E-state index is 12.9. The number of carbonyl (C=O) groups is 2. The molecule has 2 aromatic carbocycles. The topological polar surface area (TPSA) is 63.6 Å². The number of carboxylic acids is 1. The van der Waals surface area contributed by atoms with Crippen LogP contribution in [0, 0.1) is 23.2 Å². The van der Waals surface area contributed by atoms with Crippen molar-refractivity contribution in [1.29, 1.82) is 0 Å². The van der Waals surface area contributed by atoms with E-state index < -0.39 is 17.3 Å². The van der Waals surface area contributed by atoms with Gasteiger partial charge in [0, 0.05) is 5.41 Å². The SMILES string of the molecule is CC12CCC3c4ccc(OCc5ccccc5)cc4CCC3C1CC(C(=O)O)C2=O. The molecular formula is C26H28O4. The molecule has 2 fully saturated rings. The summed E-state index contributed by atoms with van der Waals surface area (Å²) in [4.78, 5) is 24.5. The maximum Gasteiger partial charge on any atom is 0.314 e. The van der Waals surface area contributed by atoms with E-state index in [1.807, 2.05) is 25.1 Å². The minimum atomic E-state index is -0.941. The lowest BCUT2D eigenvalue weighted by atomic mass is 9.55. The van der Waals surface area contributed by atoms with Crippen molar-refractivity contribution >= 4 is 11.8 Å². The summed E-state index contributed by atoms with van der Waals surface area (Å²) in [6, 6.07) is 16.6. The first-order chi connectivity index (χ1) is 14.5. The zero-order chi connectivity index (χ0) is 20.9. The second-order valence-corrected chi connectivity index (χ2v) is 9.50. The third-order valence-corrected chi connectivity index (χ3v) is 8.00. The summed E-state index contributed by atoms with van der Waals surface area (Å²) in [7, 11) is 0. The summed E-state index contributed by atoms with van der Waals surface area (Å²) >= 11 is 0. The number of hydrogen-bond donors (Lipinski definition) is 1. The molecule has 2 aromatic rings. The van der Waals surface area contributed by atoms with Gasteiger partial charge in [0.05, 0.1) is 0 Å². The molecule has 0 radical (unpaired) electrons. The van der Waals surface area contributed by atoms with E-state index in [4.69, 9.17) is 4.74 Å². The van der Waals surface area contributed by atoms with E-state index in [0.29, 0.717) is 24.9 Å². The third-order valence-electron chi connectivity index (χ3n) is 8.00. The summed E-state index contributed by atoms with van der Waals surface area (Å²) < 4.78 is 6.02. The van der Waals surface area contributed by atoms with Gasteiger partial charge < -0.3 is 9.84 Å². The fraction of sp³-hybridized carbons (Fsp3) is 0.462. The standard InChI is InChI=1S/C26H28O4/c1-26-12-11-20-19-10-8-18(30-15-16-5-3-2-4-6-16)13-17(19)7-9-21(20)23(26)14-22(24(26)27)25(28)29/h2-6,8,10,13,20-23H,7,9,11-12,14-15H2,1H3,(H,28,29). The van der Waals surface area contributed by atoms with Crippen LogP contribution < -0.4 is 4.74 Å². The third kappa shape index (κ3) is 3.05. The molecule has 0 heterocycles. The van der Waals surface area contributed by atoms with Crippen LogP contribution in [0.15, 0.2) is 48.5 Å². The zero-order valence-electron chi connectivity index (χ0n) is 17.3. The van der Waals surface area contributed by atoms with E-state index in [2.05, 4.69) is 30.3 Å². The van der Waals surface area contributed by atoms with E-state index in [9.17, 15) is 14.7 Å². The minimum absolute atomic E-state index is 0.0334. The molecule has 156 valence electrons. The highest BCUT2D eigenvalue weighted by Gasteiger charge is 2.59. The van der Waals surface area contributed by atoms with Gasteiger partial charge in [-0.2, -0.15) is 0 Å². The molecule has 1 N–H and O–H groups in total. The number of carboxylic acid groups (broad SMARTS) is 1. The van der Waals surface area contributed by atoms with E-state index in [1.165, 1.54) is 11.1 Å². The van der Waals surface area contributed by atoms with Gasteiger partial charge in [-0.1, -0.05) is 43.3 Å². The average molecular weight is 405 g/mol. The number of aliphatic carboxylic acids is 1. The summed E-state index contributed by atoms with van der Waals surface area (Å²) in [6.45, 7) is 2.58. The summed E-state index contributed by atoms with van der Waals surface area (Å²) in [5, 5.41) is 9.53. The monoisotopic (exact) mass is 404 g/mol. The molecule has 4 heteroatoms. The Morgan fingerprint density at radius 3 is 2.73 bits per heavy atom. The number of ether oxygens (including phenoxy) is 1. The number of ketones is 1. The molecule has 30 heavy (non-hydrogen) atoms. The van der Waals surface area contributed by atoms with Crippen molar-refractivity contribution < 1.29 is 19.4 Å². The molecule has 0 amide bonds. The van der Waals surface area contributed by atoms with Crippen molar-refractivity contribution in [3.05, 3.63) is 65.2 Å². The molecule has 5 unspecified atom stereocenters. The maximum absolute atomic E-state index is 12.9. The van der Waals surface area contributed by atoms with Gasteiger partial charge in [0.1, 0.15) is 18.3 Å². The first-order valence-electron chi connectivity index (χ1n) is 11.0. The summed E-state index contributed by atoms with van der Waals surface area (Å²) in [5.41, 5.74) is 3.43. The molecule has 0 saturated heterocycles. The van der Waals surface area contributed by atoms with Gasteiger partial charge in [0.15, 0.2) is 5.78 Å². The Morgan fingerprint density at radius 1 is 1.17 bits per heavy atom. The Labute approximate surface area is 177 Å². The second-order valence-electron chi connectivity index (χ2n) is 9.50. The fourth-order valence-corrected chi connectivity index (χ4v) is 6.42. The molecule has 0 aliphatic heterocycles. The molecule has 0 bridgehead atoms. The van der Waals surface area contributed by atoms with Crippen LogP contribution in [0.3, 0.4) is 0 Å². The number of rotatable bonds is 4. The Morgan fingerprint density at radius 2 is 1.97 bits per heavy atom. The van der Waals surface area contributed by atoms with Gasteiger partial charge >= 0.3 is 5.97 Å². The molecular weight excluding hydrogens is 376 g/mol. The van der Waals surface area contributed by atoms with Crippen LogP contribution in [0.5, 0.6) is 5.75 Å². The molecule has 5 atom stereocenters. The van der Waals surface area contributed by atoms with E-state index in [0.717, 1.165) is 37.0 Å². The molecule has 3 aliphatic carbocycles. The van der Waals surface area contributed by atoms with Crippen molar-refractivity contribution in [3.63, 3.8) is 0 Å². The lowest BCUT2D eigenvalue weighted by Crippen LogP contribution is -2.42. The number of benzene rings is 2. The highest BCUT2D eigenvalue weighted by molar-refractivity contribution is 6.03. The Bertz CT molecular complexity index is 982. The molecule has 5 rings (SSSR count). The van der Waals surface area contributed by atoms with Crippen molar-refractivity contribution in [2.45, 2.75) is 51.6 Å². The molecule has 0 spiro atoms. The Hall–Kier alpha value is -2.62. The predicted octanol–water partition coefficient (Wildman–Crippen LogP) is 5.00. The van der Waals surface area contributed by atoms with Crippen molar-refractivity contribution in [1.82, 2.24) is 0 Å². The first kappa shape index (κ1) is 19.3. The van der Waals surface area contributed by atoms with Crippen LogP contribution in [-0.4, -0.2) is 16.9 Å². The van der Waals surface area contributed by atoms with Crippen LogP contribution >= 0.6 is 0 Å². The fourth-order valence-electron chi connectivity index (χ4n) is 6.42. The summed E-state index contributed by atoms with van der Waals surface area (Å²) in [6.07, 6.45) is 4.27. The van der Waals surface area contributed by atoms with Crippen molar-refractivity contribution in [3.8, 4) is 5.75 Å². The van der Waals surface area contributed by atoms with Crippen LogP contribution in [0.2, 0.25) is 0 Å². The lowest BCUT2D eigenvalue weighted by molar-refractivity contribution is -0.147. The van der Waals surface area contributed by atoms with Gasteiger partial charge in [0.25, 0.3) is 0 Å². The first-order valence-corrected chi connectivity index (χ1v) is 11.0. The van der Waals surface area contributed by atoms with Gasteiger partial charge in [-0.05, 0) is 78.7 Å². The number of hydrogen-bond acceptors (Lipinski definition) is 3. The predicted molar refractivity (Wildman–Crippen MR) is 113 cm³/mol. The Kier molecular flexibility index (Phi) is 4.68. The average Bonchev–Trinajstić information content (AvgIpc) is 3.04. The largest absolute Gasteiger partial charge is 0.489 e. The highest BCUT2D eigenvalue weighted by Crippen LogP contribution is 2.60. The van der Waals surface area contributed by atoms with Gasteiger partial charge in [-0.25, -0.2) is 0 Å². The van der Waals surface area contributed by atoms with Crippen LogP contribution in [0.25, 0.3) is 0 Å². The quantitative estimate of drug-likeness (QED) is 0.728. The number of aryl methyl sites for hydroxylation is 1. The van der Waals surface area contributed by atoms with E-state index in [-0.39, 0.29) is 11.7 Å². The van der Waals surface area contributed by atoms with Crippen molar-refractivity contribution in [2.24, 2.45) is 23.2 Å².